The molecular formula is C15H17NO3. The average molecular weight is 259 g/mol. The van der Waals surface area contributed by atoms with Crippen LogP contribution in [-0.2, 0) is 19.3 Å². The topological polar surface area (TPSA) is 63.1 Å². The second-order valence-corrected chi connectivity index (χ2v) is 5.17. The van der Waals surface area contributed by atoms with Crippen LogP contribution in [0.4, 0.5) is 0 Å². The molecule has 0 amide bonds. The molecule has 1 N–H and O–H groups in total. The number of fused-ring (bicyclic) bond motifs is 2. The van der Waals surface area contributed by atoms with Crippen LogP contribution >= 0.6 is 0 Å². The monoisotopic (exact) mass is 259 g/mol. The van der Waals surface area contributed by atoms with Crippen molar-refractivity contribution in [2.75, 3.05) is 0 Å². The number of hydrogen-bond acceptors (Lipinski definition) is 3. The Morgan fingerprint density at radius 2 is 2.05 bits per heavy atom. The first-order valence-electron chi connectivity index (χ1n) is 6.91. The minimum atomic E-state index is -0.805. The number of aryl methyl sites for hydroxylation is 2. The molecule has 4 heteroatoms. The molecule has 0 unspecified atom stereocenters. The fourth-order valence-electron chi connectivity index (χ4n) is 3.01. The molecule has 0 fully saturated rings. The fourth-order valence-corrected chi connectivity index (χ4v) is 3.01. The van der Waals surface area contributed by atoms with E-state index < -0.39 is 11.2 Å². The number of benzene rings is 1. The van der Waals surface area contributed by atoms with E-state index in [4.69, 9.17) is 4.42 Å². The summed E-state index contributed by atoms with van der Waals surface area (Å²) < 4.78 is 5.24. The average Bonchev–Trinajstić information content (AvgIpc) is 2.41. The van der Waals surface area contributed by atoms with E-state index in [1.54, 1.807) is 0 Å². The van der Waals surface area contributed by atoms with Crippen molar-refractivity contribution < 1.29 is 4.42 Å². The maximum absolute atomic E-state index is 11.4. The highest BCUT2D eigenvalue weighted by atomic mass is 16.4. The minimum absolute atomic E-state index is 0.576. The van der Waals surface area contributed by atoms with Crippen LogP contribution in [0.2, 0.25) is 0 Å². The van der Waals surface area contributed by atoms with Gasteiger partial charge in [-0.3, -0.25) is 4.79 Å². The third-order valence-electron chi connectivity index (χ3n) is 3.84. The van der Waals surface area contributed by atoms with Gasteiger partial charge in [0.05, 0.1) is 5.52 Å². The Morgan fingerprint density at radius 1 is 1.26 bits per heavy atom. The molecule has 0 bridgehead atoms. The van der Waals surface area contributed by atoms with Gasteiger partial charge in [0.2, 0.25) is 0 Å². The Balaban J connectivity index is 2.38. The van der Waals surface area contributed by atoms with E-state index in [0.717, 1.165) is 31.2 Å². The zero-order valence-corrected chi connectivity index (χ0v) is 11.0. The van der Waals surface area contributed by atoms with E-state index in [-0.39, 0.29) is 0 Å². The smallest absolute Gasteiger partial charge is 0.402 e. The molecule has 2 aromatic rings. The van der Waals surface area contributed by atoms with Crippen LogP contribution in [0.5, 0.6) is 0 Å². The number of rotatable bonds is 2. The highest BCUT2D eigenvalue weighted by Crippen LogP contribution is 2.30. The Bertz CT molecular complexity index is 739. The largest absolute Gasteiger partial charge is 0.417 e. The normalized spacial score (nSPS) is 14.6. The van der Waals surface area contributed by atoms with Gasteiger partial charge < -0.3 is 9.40 Å². The van der Waals surface area contributed by atoms with Gasteiger partial charge in [0.25, 0.3) is 0 Å². The third-order valence-corrected chi connectivity index (χ3v) is 3.84. The minimum Gasteiger partial charge on any atom is -0.417 e. The van der Waals surface area contributed by atoms with Crippen molar-refractivity contribution in [1.29, 1.82) is 0 Å². The van der Waals surface area contributed by atoms with E-state index in [9.17, 15) is 9.59 Å². The lowest BCUT2D eigenvalue weighted by molar-refractivity contribution is 0.539. The molecule has 0 atom stereocenters. The molecule has 0 saturated heterocycles. The Hall–Kier alpha value is -1.84. The third kappa shape index (κ3) is 2.01. The van der Waals surface area contributed by atoms with E-state index in [0.29, 0.717) is 11.1 Å². The van der Waals surface area contributed by atoms with Crippen molar-refractivity contribution in [3.63, 3.8) is 0 Å². The van der Waals surface area contributed by atoms with E-state index >= 15 is 0 Å². The summed E-state index contributed by atoms with van der Waals surface area (Å²) in [5, 5.41) is 0. The second kappa shape index (κ2) is 4.68. The molecule has 1 heterocycles. The first kappa shape index (κ1) is 12.2. The zero-order chi connectivity index (χ0) is 13.4. The summed E-state index contributed by atoms with van der Waals surface area (Å²) in [4.78, 5) is 25.5. The van der Waals surface area contributed by atoms with Crippen molar-refractivity contribution in [3.05, 3.63) is 43.5 Å². The van der Waals surface area contributed by atoms with Crippen LogP contribution in [0.15, 0.2) is 20.1 Å². The highest BCUT2D eigenvalue weighted by molar-refractivity contribution is 5.78. The van der Waals surface area contributed by atoms with E-state index in [1.807, 2.05) is 6.07 Å². The lowest BCUT2D eigenvalue weighted by Gasteiger charge is -2.20. The van der Waals surface area contributed by atoms with Crippen LogP contribution in [0.3, 0.4) is 0 Å². The highest BCUT2D eigenvalue weighted by Gasteiger charge is 2.18. The predicted molar refractivity (Wildman–Crippen MR) is 73.7 cm³/mol. The first-order valence-corrected chi connectivity index (χ1v) is 6.91. The molecule has 3 rings (SSSR count). The summed E-state index contributed by atoms with van der Waals surface area (Å²) in [6.45, 7) is 2.11. The molecule has 19 heavy (non-hydrogen) atoms. The molecule has 0 saturated carbocycles. The lowest BCUT2D eigenvalue weighted by atomic mass is 9.86. The van der Waals surface area contributed by atoms with Gasteiger partial charge in [-0.15, -0.1) is 0 Å². The van der Waals surface area contributed by atoms with Crippen LogP contribution < -0.4 is 11.2 Å². The maximum atomic E-state index is 11.4. The van der Waals surface area contributed by atoms with Crippen LogP contribution in [0.25, 0.3) is 11.1 Å². The number of aromatic nitrogens is 1. The Morgan fingerprint density at radius 3 is 2.84 bits per heavy atom. The van der Waals surface area contributed by atoms with Gasteiger partial charge in [0.15, 0.2) is 5.58 Å². The standard InChI is InChI=1S/C15H17NO3/c1-2-5-11-10-7-4-3-6-9(10)8-12-13(11)19-15(18)14(17)16-12/h8H,2-7H2,1H3,(H,16,17). The summed E-state index contributed by atoms with van der Waals surface area (Å²) in [7, 11) is 0. The predicted octanol–water partition coefficient (Wildman–Crippen LogP) is 2.31. The van der Waals surface area contributed by atoms with Gasteiger partial charge in [-0.2, -0.15) is 0 Å². The maximum Gasteiger partial charge on any atom is 0.402 e. The van der Waals surface area contributed by atoms with Gasteiger partial charge in [-0.25, -0.2) is 4.79 Å². The quantitative estimate of drug-likeness (QED) is 0.842. The number of hydrogen-bond donors (Lipinski definition) is 1. The van der Waals surface area contributed by atoms with Crippen LogP contribution in [-0.4, -0.2) is 4.98 Å². The van der Waals surface area contributed by atoms with Crippen molar-refractivity contribution in [3.8, 4) is 0 Å². The summed E-state index contributed by atoms with van der Waals surface area (Å²) in [6.07, 6.45) is 6.34. The molecule has 0 aliphatic heterocycles. The molecule has 4 nitrogen and oxygen atoms in total. The molecule has 1 aromatic carbocycles. The number of H-pyrrole nitrogens is 1. The van der Waals surface area contributed by atoms with Gasteiger partial charge in [0, 0.05) is 5.56 Å². The Labute approximate surface area is 110 Å². The van der Waals surface area contributed by atoms with E-state index in [1.165, 1.54) is 24.0 Å². The number of aromatic amines is 1. The lowest BCUT2D eigenvalue weighted by Crippen LogP contribution is -2.26. The molecule has 0 spiro atoms. The van der Waals surface area contributed by atoms with Gasteiger partial charge >= 0.3 is 11.2 Å². The zero-order valence-electron chi connectivity index (χ0n) is 11.0. The molecular weight excluding hydrogens is 242 g/mol. The molecule has 100 valence electrons. The van der Waals surface area contributed by atoms with Gasteiger partial charge in [-0.05, 0) is 49.3 Å². The summed E-state index contributed by atoms with van der Waals surface area (Å²) in [5.74, 6) is 0. The number of nitrogens with one attached hydrogen (secondary N) is 1. The van der Waals surface area contributed by atoms with Crippen molar-refractivity contribution in [1.82, 2.24) is 4.98 Å². The molecule has 1 aromatic heterocycles. The van der Waals surface area contributed by atoms with Crippen molar-refractivity contribution in [2.45, 2.75) is 45.4 Å². The van der Waals surface area contributed by atoms with Crippen LogP contribution in [0, 0.1) is 0 Å². The van der Waals surface area contributed by atoms with Crippen LogP contribution in [0.1, 0.15) is 42.9 Å². The Kier molecular flexibility index (Phi) is 3.01. The summed E-state index contributed by atoms with van der Waals surface area (Å²) in [6, 6.07) is 1.98. The molecule has 1 aliphatic rings. The summed E-state index contributed by atoms with van der Waals surface area (Å²) >= 11 is 0. The van der Waals surface area contributed by atoms with Gasteiger partial charge in [0.1, 0.15) is 0 Å². The fraction of sp³-hybridized carbons (Fsp3) is 0.467. The van der Waals surface area contributed by atoms with Crippen molar-refractivity contribution >= 4 is 11.1 Å². The molecule has 0 radical (unpaired) electrons. The SMILES string of the molecule is CCCc1c2c(cc3[nH]c(=O)c(=O)oc13)CCCC2. The molecule has 1 aliphatic carbocycles. The first-order chi connectivity index (χ1) is 9.20. The van der Waals surface area contributed by atoms with E-state index in [2.05, 4.69) is 11.9 Å². The summed E-state index contributed by atoms with van der Waals surface area (Å²) in [5.41, 5.74) is 3.50. The van der Waals surface area contributed by atoms with Gasteiger partial charge in [-0.1, -0.05) is 13.3 Å². The van der Waals surface area contributed by atoms with Crippen molar-refractivity contribution in [2.24, 2.45) is 0 Å². The second-order valence-electron chi connectivity index (χ2n) is 5.17.